The topological polar surface area (TPSA) is 105 Å². The first-order valence-corrected chi connectivity index (χ1v) is 11.2. The van der Waals surface area contributed by atoms with Crippen molar-refractivity contribution in [3.8, 4) is 0 Å². The third kappa shape index (κ3) is 4.69. The van der Waals surface area contributed by atoms with Crippen LogP contribution in [0.1, 0.15) is 38.8 Å². The molecular weight excluding hydrogens is 406 g/mol. The largest absolute Gasteiger partial charge is 0.379 e. The molecule has 0 saturated carbocycles. The number of ether oxygens (including phenoxy) is 1. The Morgan fingerprint density at radius 3 is 2.37 bits per heavy atom. The molecule has 1 aliphatic rings. The van der Waals surface area contributed by atoms with E-state index in [1.165, 1.54) is 10.4 Å². The van der Waals surface area contributed by atoms with Crippen LogP contribution < -0.4 is 10.9 Å². The maximum atomic E-state index is 13.1. The van der Waals surface area contributed by atoms with Crippen molar-refractivity contribution in [1.29, 1.82) is 0 Å². The molecule has 0 unspecified atom stereocenters. The van der Waals surface area contributed by atoms with E-state index >= 15 is 0 Å². The average molecular weight is 432 g/mol. The first-order valence-electron chi connectivity index (χ1n) is 9.71. The highest BCUT2D eigenvalue weighted by Gasteiger charge is 2.29. The number of carbonyl (C=O) groups is 2. The van der Waals surface area contributed by atoms with Gasteiger partial charge in [0.05, 0.1) is 18.1 Å². The van der Waals surface area contributed by atoms with Gasteiger partial charge in [0.15, 0.2) is 0 Å². The number of benzene rings is 2. The van der Waals surface area contributed by atoms with Gasteiger partial charge in [-0.15, -0.1) is 0 Å². The summed E-state index contributed by atoms with van der Waals surface area (Å²) in [5.41, 5.74) is 6.71. The lowest BCUT2D eigenvalue weighted by Gasteiger charge is -2.27. The van der Waals surface area contributed by atoms with Gasteiger partial charge < -0.3 is 4.74 Å². The molecule has 2 aromatic carbocycles. The highest BCUT2D eigenvalue weighted by molar-refractivity contribution is 7.89. The molecule has 1 saturated heterocycles. The van der Waals surface area contributed by atoms with E-state index in [2.05, 4.69) is 10.9 Å². The molecule has 2 aromatic rings. The Bertz CT molecular complexity index is 1050. The number of hydrogen-bond donors (Lipinski definition) is 2. The number of amides is 2. The molecule has 1 heterocycles. The predicted octanol–water partition coefficient (Wildman–Crippen LogP) is 1.65. The van der Waals surface area contributed by atoms with Crippen LogP contribution in [0, 0.1) is 6.92 Å². The number of morpholine rings is 1. The number of aryl methyl sites for hydroxylation is 2. The lowest BCUT2D eigenvalue weighted by molar-refractivity contribution is 0.0730. The number of hydrazine groups is 1. The number of nitrogens with one attached hydrogen (secondary N) is 2. The van der Waals surface area contributed by atoms with Crippen molar-refractivity contribution in [3.63, 3.8) is 0 Å². The summed E-state index contributed by atoms with van der Waals surface area (Å²) < 4.78 is 32.8. The van der Waals surface area contributed by atoms with Crippen LogP contribution in [0.4, 0.5) is 0 Å². The van der Waals surface area contributed by atoms with Crippen LogP contribution in [0.25, 0.3) is 0 Å². The molecule has 30 heavy (non-hydrogen) atoms. The van der Waals surface area contributed by atoms with Crippen LogP contribution in [-0.4, -0.2) is 50.8 Å². The maximum absolute atomic E-state index is 13.1. The summed E-state index contributed by atoms with van der Waals surface area (Å²) in [7, 11) is -3.75. The van der Waals surface area contributed by atoms with Crippen molar-refractivity contribution in [1.82, 2.24) is 15.2 Å². The quantitative estimate of drug-likeness (QED) is 0.701. The van der Waals surface area contributed by atoms with E-state index in [9.17, 15) is 18.0 Å². The Kier molecular flexibility index (Phi) is 6.86. The van der Waals surface area contributed by atoms with E-state index in [0.29, 0.717) is 30.8 Å². The fraction of sp³-hybridized carbons (Fsp3) is 0.333. The molecule has 0 bridgehead atoms. The number of rotatable bonds is 5. The summed E-state index contributed by atoms with van der Waals surface area (Å²) in [6, 6.07) is 11.5. The minimum atomic E-state index is -3.75. The zero-order valence-electron chi connectivity index (χ0n) is 17.0. The maximum Gasteiger partial charge on any atom is 0.269 e. The summed E-state index contributed by atoms with van der Waals surface area (Å²) in [6.07, 6.45) is 0.505. The molecule has 8 nitrogen and oxygen atoms in total. The molecule has 9 heteroatoms. The normalized spacial score (nSPS) is 14.9. The monoisotopic (exact) mass is 431 g/mol. The predicted molar refractivity (Wildman–Crippen MR) is 112 cm³/mol. The van der Waals surface area contributed by atoms with Gasteiger partial charge in [0.1, 0.15) is 0 Å². The number of hydrogen-bond acceptors (Lipinski definition) is 5. The highest BCUT2D eigenvalue weighted by Crippen LogP contribution is 2.23. The van der Waals surface area contributed by atoms with Gasteiger partial charge in [0, 0.05) is 24.2 Å². The van der Waals surface area contributed by atoms with Crippen LogP contribution in [0.3, 0.4) is 0 Å². The van der Waals surface area contributed by atoms with Crippen molar-refractivity contribution >= 4 is 21.8 Å². The number of carbonyl (C=O) groups excluding carboxylic acids is 2. The standard InChI is InChI=1S/C21H25N3O5S/c1-3-16-8-9-17(14-19(16)30(27,28)24-10-12-29-13-11-24)20(25)22-23-21(26)18-7-5-4-6-15(18)2/h4-9,14H,3,10-13H2,1-2H3,(H,22,25)(H,23,26). The molecule has 2 amide bonds. The number of nitrogens with zero attached hydrogens (tertiary/aromatic N) is 1. The fourth-order valence-corrected chi connectivity index (χ4v) is 4.96. The van der Waals surface area contributed by atoms with Crippen molar-refractivity contribution in [2.75, 3.05) is 26.3 Å². The molecule has 2 N–H and O–H groups in total. The molecule has 160 valence electrons. The molecule has 1 aliphatic heterocycles. The van der Waals surface area contributed by atoms with Crippen LogP contribution in [0.15, 0.2) is 47.4 Å². The van der Waals surface area contributed by atoms with E-state index in [-0.39, 0.29) is 23.5 Å². The van der Waals surface area contributed by atoms with Gasteiger partial charge >= 0.3 is 0 Å². The zero-order chi connectivity index (χ0) is 21.7. The van der Waals surface area contributed by atoms with Gasteiger partial charge in [-0.25, -0.2) is 8.42 Å². The van der Waals surface area contributed by atoms with Crippen molar-refractivity contribution in [3.05, 3.63) is 64.7 Å². The van der Waals surface area contributed by atoms with Crippen LogP contribution >= 0.6 is 0 Å². The summed E-state index contributed by atoms with van der Waals surface area (Å²) in [4.78, 5) is 25.0. The lowest BCUT2D eigenvalue weighted by Crippen LogP contribution is -2.42. The summed E-state index contributed by atoms with van der Waals surface area (Å²) in [6.45, 7) is 4.87. The average Bonchev–Trinajstić information content (AvgIpc) is 2.77. The zero-order valence-corrected chi connectivity index (χ0v) is 17.8. The smallest absolute Gasteiger partial charge is 0.269 e. The van der Waals surface area contributed by atoms with Crippen molar-refractivity contribution < 1.29 is 22.7 Å². The fourth-order valence-electron chi connectivity index (χ4n) is 3.23. The molecule has 0 atom stereocenters. The third-order valence-corrected chi connectivity index (χ3v) is 6.96. The Hall–Kier alpha value is -2.75. The summed E-state index contributed by atoms with van der Waals surface area (Å²) >= 11 is 0. The second kappa shape index (κ2) is 9.38. The molecule has 1 fully saturated rings. The van der Waals surface area contributed by atoms with Crippen molar-refractivity contribution in [2.24, 2.45) is 0 Å². The second-order valence-electron chi connectivity index (χ2n) is 6.92. The highest BCUT2D eigenvalue weighted by atomic mass is 32.2. The SMILES string of the molecule is CCc1ccc(C(=O)NNC(=O)c2ccccc2C)cc1S(=O)(=O)N1CCOCC1. The van der Waals surface area contributed by atoms with Gasteiger partial charge in [-0.05, 0) is 42.7 Å². The van der Waals surface area contributed by atoms with E-state index in [1.807, 2.05) is 13.0 Å². The van der Waals surface area contributed by atoms with Crippen LogP contribution in [0.5, 0.6) is 0 Å². The first-order chi connectivity index (χ1) is 14.3. The van der Waals surface area contributed by atoms with Crippen LogP contribution in [0.2, 0.25) is 0 Å². The lowest BCUT2D eigenvalue weighted by atomic mass is 10.1. The Morgan fingerprint density at radius 1 is 1.03 bits per heavy atom. The molecule has 0 aromatic heterocycles. The minimum absolute atomic E-state index is 0.102. The van der Waals surface area contributed by atoms with E-state index in [0.717, 1.165) is 5.56 Å². The molecule has 3 rings (SSSR count). The first kappa shape index (κ1) is 21.9. The van der Waals surface area contributed by atoms with E-state index in [4.69, 9.17) is 4.74 Å². The van der Waals surface area contributed by atoms with Gasteiger partial charge in [-0.3, -0.25) is 20.4 Å². The molecule has 0 spiro atoms. The Balaban J connectivity index is 1.79. The Labute approximate surface area is 176 Å². The van der Waals surface area contributed by atoms with Gasteiger partial charge in [0.25, 0.3) is 11.8 Å². The van der Waals surface area contributed by atoms with E-state index in [1.54, 1.807) is 37.3 Å². The molecular formula is C21H25N3O5S. The van der Waals surface area contributed by atoms with Crippen molar-refractivity contribution in [2.45, 2.75) is 25.2 Å². The second-order valence-corrected chi connectivity index (χ2v) is 8.82. The van der Waals surface area contributed by atoms with Gasteiger partial charge in [-0.2, -0.15) is 4.31 Å². The summed E-state index contributed by atoms with van der Waals surface area (Å²) in [5, 5.41) is 0. The Morgan fingerprint density at radius 2 is 1.70 bits per heavy atom. The summed E-state index contributed by atoms with van der Waals surface area (Å²) in [5.74, 6) is -1.05. The van der Waals surface area contributed by atoms with Gasteiger partial charge in [-0.1, -0.05) is 31.2 Å². The van der Waals surface area contributed by atoms with Crippen LogP contribution in [-0.2, 0) is 21.2 Å². The van der Waals surface area contributed by atoms with E-state index < -0.39 is 21.8 Å². The minimum Gasteiger partial charge on any atom is -0.379 e. The molecule has 0 aliphatic carbocycles. The molecule has 0 radical (unpaired) electrons. The number of sulfonamides is 1. The third-order valence-electron chi connectivity index (χ3n) is 4.98. The van der Waals surface area contributed by atoms with Gasteiger partial charge in [0.2, 0.25) is 10.0 Å².